The van der Waals surface area contributed by atoms with Crippen molar-refractivity contribution >= 4 is 40.6 Å². The lowest BCUT2D eigenvalue weighted by Crippen LogP contribution is -2.36. The van der Waals surface area contributed by atoms with Gasteiger partial charge in [-0.1, -0.05) is 37.4 Å². The summed E-state index contributed by atoms with van der Waals surface area (Å²) in [6, 6.07) is 5.27. The van der Waals surface area contributed by atoms with Gasteiger partial charge in [0.1, 0.15) is 17.1 Å². The van der Waals surface area contributed by atoms with Crippen molar-refractivity contribution < 1.29 is 23.1 Å². The minimum Gasteiger partial charge on any atom is -0.755 e. The molecule has 0 N–H and O–H groups in total. The quantitative estimate of drug-likeness (QED) is 0.316. The van der Waals surface area contributed by atoms with Crippen molar-refractivity contribution in [2.75, 3.05) is 18.0 Å². The summed E-state index contributed by atoms with van der Waals surface area (Å²) in [6.07, 6.45) is 3.40. The van der Waals surface area contributed by atoms with Gasteiger partial charge in [-0.2, -0.15) is 0 Å². The fourth-order valence-corrected chi connectivity index (χ4v) is 4.14. The number of ether oxygens (including phenoxy) is 1. The van der Waals surface area contributed by atoms with Crippen molar-refractivity contribution in [3.05, 3.63) is 46.5 Å². The summed E-state index contributed by atoms with van der Waals surface area (Å²) in [5, 5.41) is 0.437. The van der Waals surface area contributed by atoms with E-state index in [1.165, 1.54) is 11.1 Å². The van der Waals surface area contributed by atoms with Crippen molar-refractivity contribution in [3.63, 3.8) is 0 Å². The van der Waals surface area contributed by atoms with Crippen molar-refractivity contribution in [2.24, 2.45) is 0 Å². The van der Waals surface area contributed by atoms with E-state index in [9.17, 15) is 18.4 Å². The molecule has 1 aromatic heterocycles. The van der Waals surface area contributed by atoms with Crippen LogP contribution >= 0.6 is 11.6 Å². The Morgan fingerprint density at radius 1 is 1.23 bits per heavy atom. The van der Waals surface area contributed by atoms with Gasteiger partial charge in [0.25, 0.3) is 5.91 Å². The number of rotatable bonds is 10. The minimum absolute atomic E-state index is 0.0537. The number of halogens is 1. The highest BCUT2D eigenvalue weighted by Gasteiger charge is 2.23. The van der Waals surface area contributed by atoms with Crippen molar-refractivity contribution in [1.29, 1.82) is 0 Å². The number of aryl methyl sites for hydroxylation is 1. The van der Waals surface area contributed by atoms with Gasteiger partial charge in [-0.25, -0.2) is 9.78 Å². The van der Waals surface area contributed by atoms with E-state index in [1.807, 2.05) is 13.8 Å². The van der Waals surface area contributed by atoms with Gasteiger partial charge in [-0.3, -0.25) is 18.2 Å². The molecular weight excluding hydrogens is 492 g/mol. The summed E-state index contributed by atoms with van der Waals surface area (Å²) in [7, 11) is 0. The molecule has 2 amide bonds. The van der Waals surface area contributed by atoms with Crippen LogP contribution in [0.2, 0.25) is 5.02 Å². The molecule has 194 valence electrons. The van der Waals surface area contributed by atoms with Crippen molar-refractivity contribution in [1.82, 2.24) is 13.9 Å². The number of amides is 2. The lowest BCUT2D eigenvalue weighted by molar-refractivity contribution is 0.0582. The summed E-state index contributed by atoms with van der Waals surface area (Å²) in [4.78, 5) is 31.1. The first kappa shape index (κ1) is 28.8. The maximum atomic E-state index is 12.8. The molecule has 2 aromatic rings. The van der Waals surface area contributed by atoms with Crippen molar-refractivity contribution in [2.45, 2.75) is 73.0 Å². The number of hydrogen-bond donors (Lipinski definition) is 0. The molecule has 2 rings (SSSR count). The number of carbonyl (C=O) groups excluding carboxylic acids is 2. The second-order valence-electron chi connectivity index (χ2n) is 9.13. The summed E-state index contributed by atoms with van der Waals surface area (Å²) >= 11 is 3.86. The van der Waals surface area contributed by atoms with Crippen LogP contribution in [0, 0.1) is 6.92 Å². The highest BCUT2D eigenvalue weighted by Crippen LogP contribution is 2.26. The second-order valence-corrected chi connectivity index (χ2v) is 10.4. The van der Waals surface area contributed by atoms with E-state index in [4.69, 9.17) is 16.3 Å². The van der Waals surface area contributed by atoms with Crippen LogP contribution in [-0.4, -0.2) is 53.3 Å². The Morgan fingerprint density at radius 2 is 1.91 bits per heavy atom. The van der Waals surface area contributed by atoms with Crippen LogP contribution in [0.25, 0.3) is 0 Å². The van der Waals surface area contributed by atoms with Crippen molar-refractivity contribution in [3.8, 4) is 0 Å². The van der Waals surface area contributed by atoms with Crippen LogP contribution in [0.15, 0.2) is 24.4 Å². The molecular formula is C24H34ClN4O5S-. The third kappa shape index (κ3) is 8.05. The predicted octanol–water partition coefficient (Wildman–Crippen LogP) is 5.08. The van der Waals surface area contributed by atoms with Crippen LogP contribution in [0.4, 0.5) is 10.5 Å². The molecule has 0 bridgehead atoms. The number of carbonyl (C=O) groups is 2. The van der Waals surface area contributed by atoms with Gasteiger partial charge in [0, 0.05) is 30.0 Å². The highest BCUT2D eigenvalue weighted by molar-refractivity contribution is 7.77. The number of imidazole rings is 1. The molecule has 0 radical (unpaired) electrons. The average molecular weight is 526 g/mol. The summed E-state index contributed by atoms with van der Waals surface area (Å²) in [5.41, 5.74) is 0.793. The molecule has 0 saturated carbocycles. The van der Waals surface area contributed by atoms with E-state index < -0.39 is 28.9 Å². The first-order valence-corrected chi connectivity index (χ1v) is 13.0. The lowest BCUT2D eigenvalue weighted by atomic mass is 10.2. The van der Waals surface area contributed by atoms with Crippen LogP contribution < -0.4 is 4.90 Å². The Balaban J connectivity index is 2.21. The first-order chi connectivity index (χ1) is 16.4. The lowest BCUT2D eigenvalue weighted by Gasteiger charge is -2.27. The zero-order chi connectivity index (χ0) is 26.3. The summed E-state index contributed by atoms with van der Waals surface area (Å²) in [6.45, 7) is 11.8. The highest BCUT2D eigenvalue weighted by atomic mass is 35.5. The summed E-state index contributed by atoms with van der Waals surface area (Å²) in [5.74, 6) is -0.115. The van der Waals surface area contributed by atoms with E-state index in [1.54, 1.807) is 50.5 Å². The zero-order valence-corrected chi connectivity index (χ0v) is 22.7. The molecule has 0 aliphatic heterocycles. The Hall–Kier alpha value is -2.43. The van der Waals surface area contributed by atoms with Gasteiger partial charge in [-0.15, -0.1) is 0 Å². The van der Waals surface area contributed by atoms with Crippen LogP contribution in [0.5, 0.6) is 0 Å². The maximum absolute atomic E-state index is 12.8. The van der Waals surface area contributed by atoms with Crippen LogP contribution in [0.3, 0.4) is 0 Å². The second kappa shape index (κ2) is 12.5. The maximum Gasteiger partial charge on any atom is 0.414 e. The Morgan fingerprint density at radius 3 is 2.46 bits per heavy atom. The summed E-state index contributed by atoms with van der Waals surface area (Å²) < 4.78 is 31.2. The fraction of sp³-hybridized carbons (Fsp3) is 0.542. The monoisotopic (exact) mass is 525 g/mol. The number of aromatic nitrogens is 2. The molecule has 0 fully saturated rings. The smallest absolute Gasteiger partial charge is 0.414 e. The predicted molar refractivity (Wildman–Crippen MR) is 136 cm³/mol. The number of unbranched alkanes of at least 4 members (excludes halogenated alkanes) is 2. The molecule has 1 aromatic carbocycles. The molecule has 35 heavy (non-hydrogen) atoms. The average Bonchev–Trinajstić information content (AvgIpc) is 3.12. The Kier molecular flexibility index (Phi) is 10.3. The minimum atomic E-state index is -2.67. The Bertz CT molecular complexity index is 1070. The van der Waals surface area contributed by atoms with Gasteiger partial charge >= 0.3 is 6.09 Å². The number of benzene rings is 1. The SMILES string of the molecule is CCCCCN(C(=O)c1cn(Cc2ccc(N(CC)C(=O)OC(C)(C)C)cc2Cl)c(C)n1)S(=O)[O-]. The standard InChI is InChI=1S/C24H35ClN4O5S/c1-7-9-10-13-29(35(32)33)22(30)21-16-27(17(3)26-21)15-18-11-12-19(14-20(18)25)28(8-2)23(31)34-24(4,5)6/h11-12,14,16H,7-10,13,15H2,1-6H3,(H,32,33)/p-1. The van der Waals surface area contributed by atoms with E-state index in [2.05, 4.69) is 4.98 Å². The fourth-order valence-electron chi connectivity index (χ4n) is 3.40. The van der Waals surface area contributed by atoms with E-state index in [0.717, 1.165) is 22.7 Å². The van der Waals surface area contributed by atoms with Gasteiger partial charge in [0.2, 0.25) is 0 Å². The molecule has 0 aliphatic rings. The molecule has 9 nitrogen and oxygen atoms in total. The van der Waals surface area contributed by atoms with Gasteiger partial charge in [0.05, 0.1) is 17.8 Å². The third-order valence-electron chi connectivity index (χ3n) is 5.19. The zero-order valence-electron chi connectivity index (χ0n) is 21.2. The molecule has 0 aliphatic carbocycles. The number of nitrogens with zero attached hydrogens (tertiary/aromatic N) is 4. The molecule has 11 heteroatoms. The first-order valence-electron chi connectivity index (χ1n) is 11.6. The Labute approximate surface area is 214 Å². The molecule has 1 atom stereocenters. The van der Waals surface area contributed by atoms with Crippen LogP contribution in [-0.2, 0) is 22.5 Å². The number of hydrogen-bond acceptors (Lipinski definition) is 6. The molecule has 1 unspecified atom stereocenters. The largest absolute Gasteiger partial charge is 0.755 e. The molecule has 0 spiro atoms. The van der Waals surface area contributed by atoms with Gasteiger partial charge in [0.15, 0.2) is 0 Å². The van der Waals surface area contributed by atoms with E-state index >= 15 is 0 Å². The normalized spacial score (nSPS) is 12.3. The molecule has 1 heterocycles. The number of anilines is 1. The topological polar surface area (TPSA) is 108 Å². The van der Waals surface area contributed by atoms with E-state index in [0.29, 0.717) is 36.0 Å². The van der Waals surface area contributed by atoms with E-state index in [-0.39, 0.29) is 12.2 Å². The molecule has 0 saturated heterocycles. The third-order valence-corrected chi connectivity index (χ3v) is 6.25. The van der Waals surface area contributed by atoms with Gasteiger partial charge < -0.3 is 13.9 Å². The van der Waals surface area contributed by atoms with Crippen LogP contribution in [0.1, 0.15) is 75.8 Å². The van der Waals surface area contributed by atoms with Gasteiger partial charge in [-0.05, 0) is 58.7 Å².